The van der Waals surface area contributed by atoms with E-state index in [9.17, 15) is 0 Å². The van der Waals surface area contributed by atoms with Crippen LogP contribution in [0.4, 0.5) is 0 Å². The number of nitrogens with zero attached hydrogens (tertiary/aromatic N) is 4. The smallest absolute Gasteiger partial charge is 0.510 e. The van der Waals surface area contributed by atoms with Gasteiger partial charge in [-0.05, 0) is 17.8 Å². The van der Waals surface area contributed by atoms with Crippen LogP contribution in [0.15, 0.2) is 115 Å². The molecule has 6 heteroatoms. The standard InChI is InChI=1S/C33H22N4O.Pt/c1-34-23-35(31-18-6-5-17-30(31)34)26-13-9-15-28(21-26)38-29-16-10-14-27(22-29)37-24-36(25-11-3-2-4-12-25)32-19-7-8-20-33(32)37;/h2-20H,1H3;/q-2;+4/i1D3;. The van der Waals surface area contributed by atoms with Crippen molar-refractivity contribution in [2.75, 3.05) is 0 Å². The molecule has 0 aliphatic rings. The molecule has 0 unspecified atom stereocenters. The quantitative estimate of drug-likeness (QED) is 0.169. The summed E-state index contributed by atoms with van der Waals surface area (Å²) in [5.74, 6) is 0.968. The van der Waals surface area contributed by atoms with E-state index in [2.05, 4.69) is 30.9 Å². The van der Waals surface area contributed by atoms with E-state index in [1.165, 1.54) is 4.57 Å². The fourth-order valence-corrected chi connectivity index (χ4v) is 4.61. The minimum atomic E-state index is -2.37. The first-order valence-corrected chi connectivity index (χ1v) is 12.1. The summed E-state index contributed by atoms with van der Waals surface area (Å²) in [6.45, 7) is -2.37. The monoisotopic (exact) mass is 688 g/mol. The Morgan fingerprint density at radius 1 is 0.615 bits per heavy atom. The first-order chi connectivity index (χ1) is 20.0. The minimum Gasteiger partial charge on any atom is -0.510 e. The van der Waals surface area contributed by atoms with Crippen molar-refractivity contribution in [1.82, 2.24) is 9.13 Å². The molecule has 0 bridgehead atoms. The van der Waals surface area contributed by atoms with Crippen LogP contribution in [0, 0.1) is 24.8 Å². The molecule has 0 atom stereocenters. The van der Waals surface area contributed by atoms with E-state index in [1.807, 2.05) is 106 Å². The molecule has 0 aliphatic heterocycles. The summed E-state index contributed by atoms with van der Waals surface area (Å²) in [5, 5.41) is 0. The Kier molecular flexibility index (Phi) is 5.70. The number of hydrogen-bond donors (Lipinski definition) is 0. The fourth-order valence-electron chi connectivity index (χ4n) is 4.61. The van der Waals surface area contributed by atoms with Crippen molar-refractivity contribution in [2.24, 2.45) is 6.98 Å². The van der Waals surface area contributed by atoms with Crippen molar-refractivity contribution in [3.8, 4) is 28.6 Å². The number of para-hydroxylation sites is 5. The Balaban J connectivity index is 0.00000316. The maximum atomic E-state index is 7.92. The SMILES string of the molecule is [2H]C([2H])([2H])[n+]1[c-]n(-c2[c-]c(Oc3[c-]c(-n4[c-][n+](-c5ccccc5)c5ccccc54)ccc3)ccc2)c2ccccc21.[Pt+4]. The summed E-state index contributed by atoms with van der Waals surface area (Å²) in [6, 6.07) is 43.3. The van der Waals surface area contributed by atoms with Crippen molar-refractivity contribution in [3.05, 3.63) is 140 Å². The van der Waals surface area contributed by atoms with Gasteiger partial charge in [0.25, 0.3) is 6.33 Å². The maximum absolute atomic E-state index is 7.92. The average Bonchev–Trinajstić information content (AvgIpc) is 3.58. The molecule has 188 valence electrons. The Morgan fingerprint density at radius 3 is 1.85 bits per heavy atom. The predicted molar refractivity (Wildman–Crippen MR) is 145 cm³/mol. The first kappa shape index (κ1) is 21.5. The number of benzene rings is 5. The maximum Gasteiger partial charge on any atom is 4.00 e. The molecule has 2 heterocycles. The number of ether oxygens (including phenoxy) is 1. The second-order valence-corrected chi connectivity index (χ2v) is 8.76. The Hall–Kier alpha value is -4.47. The van der Waals surface area contributed by atoms with Gasteiger partial charge in [-0.3, -0.25) is 4.57 Å². The van der Waals surface area contributed by atoms with Gasteiger partial charge in [-0.15, -0.1) is 24.3 Å². The van der Waals surface area contributed by atoms with Gasteiger partial charge in [0.15, 0.2) is 0 Å². The molecule has 0 fully saturated rings. The largest absolute Gasteiger partial charge is 4.00 e. The van der Waals surface area contributed by atoms with Crippen LogP contribution < -0.4 is 13.9 Å². The van der Waals surface area contributed by atoms with Crippen molar-refractivity contribution in [1.29, 1.82) is 0 Å². The summed E-state index contributed by atoms with van der Waals surface area (Å²) < 4.78 is 36.8. The van der Waals surface area contributed by atoms with Gasteiger partial charge >= 0.3 is 21.1 Å². The van der Waals surface area contributed by atoms with E-state index >= 15 is 0 Å². The van der Waals surface area contributed by atoms with Crippen LogP contribution in [0.5, 0.6) is 11.5 Å². The zero-order chi connectivity index (χ0) is 28.0. The molecule has 5 aromatic carbocycles. The molecule has 39 heavy (non-hydrogen) atoms. The van der Waals surface area contributed by atoms with Crippen LogP contribution in [0.25, 0.3) is 39.1 Å². The predicted octanol–water partition coefficient (Wildman–Crippen LogP) is 5.67. The van der Waals surface area contributed by atoms with Gasteiger partial charge < -0.3 is 18.4 Å². The molecule has 0 N–H and O–H groups in total. The number of imidazole rings is 2. The average molecular weight is 689 g/mol. The molecule has 7 rings (SSSR count). The summed E-state index contributed by atoms with van der Waals surface area (Å²) >= 11 is 0. The van der Waals surface area contributed by atoms with Crippen LogP contribution in [0.2, 0.25) is 0 Å². The summed E-state index contributed by atoms with van der Waals surface area (Å²) in [6.07, 6.45) is 6.43. The summed E-state index contributed by atoms with van der Waals surface area (Å²) in [7, 11) is 0. The molecular weight excluding hydrogens is 663 g/mol. The van der Waals surface area contributed by atoms with Crippen molar-refractivity contribution >= 4 is 22.1 Å². The van der Waals surface area contributed by atoms with Gasteiger partial charge in [-0.1, -0.05) is 72.4 Å². The zero-order valence-corrected chi connectivity index (χ0v) is 22.8. The molecule has 0 radical (unpaired) electrons. The molecule has 7 aromatic rings. The molecule has 0 amide bonds. The van der Waals surface area contributed by atoms with Gasteiger partial charge in [0, 0.05) is 11.5 Å². The van der Waals surface area contributed by atoms with Gasteiger partial charge in [-0.2, -0.15) is 24.3 Å². The van der Waals surface area contributed by atoms with Crippen LogP contribution in [0.3, 0.4) is 0 Å². The van der Waals surface area contributed by atoms with E-state index < -0.39 is 6.98 Å². The van der Waals surface area contributed by atoms with Crippen LogP contribution in [0.1, 0.15) is 4.11 Å². The van der Waals surface area contributed by atoms with E-state index in [4.69, 9.17) is 8.85 Å². The van der Waals surface area contributed by atoms with Crippen LogP contribution in [-0.4, -0.2) is 9.13 Å². The van der Waals surface area contributed by atoms with E-state index in [-0.39, 0.29) is 21.1 Å². The summed E-state index contributed by atoms with van der Waals surface area (Å²) in [4.78, 5) is 0. The minimum absolute atomic E-state index is 0. The van der Waals surface area contributed by atoms with Gasteiger partial charge in [0.1, 0.15) is 0 Å². The van der Waals surface area contributed by atoms with Gasteiger partial charge in [-0.25, -0.2) is 0 Å². The molecule has 0 aliphatic carbocycles. The molecule has 0 spiro atoms. The number of aromatic nitrogens is 4. The topological polar surface area (TPSA) is 26.8 Å². The molecule has 2 aromatic heterocycles. The van der Waals surface area contributed by atoms with Crippen molar-refractivity contribution < 1.29 is 39.0 Å². The number of rotatable bonds is 5. The molecule has 0 saturated heterocycles. The second kappa shape index (κ2) is 10.4. The number of fused-ring (bicyclic) bond motifs is 2. The third-order valence-corrected chi connectivity index (χ3v) is 6.35. The fraction of sp³-hybridized carbons (Fsp3) is 0.0303. The molecule has 5 nitrogen and oxygen atoms in total. The first-order valence-electron chi connectivity index (χ1n) is 13.6. The third-order valence-electron chi connectivity index (χ3n) is 6.35. The van der Waals surface area contributed by atoms with E-state index in [0.717, 1.165) is 22.4 Å². The van der Waals surface area contributed by atoms with Crippen LogP contribution >= 0.6 is 0 Å². The van der Waals surface area contributed by atoms with E-state index in [0.29, 0.717) is 28.2 Å². The van der Waals surface area contributed by atoms with E-state index in [1.54, 1.807) is 16.7 Å². The number of aryl methyl sites for hydroxylation is 1. The Bertz CT molecular complexity index is 2030. The zero-order valence-electron chi connectivity index (χ0n) is 23.5. The third kappa shape index (κ3) is 4.56. The van der Waals surface area contributed by atoms with Gasteiger partial charge in [0.05, 0.1) is 38.8 Å². The van der Waals surface area contributed by atoms with Crippen molar-refractivity contribution in [3.63, 3.8) is 0 Å². The number of hydrogen-bond acceptors (Lipinski definition) is 1. The Morgan fingerprint density at radius 2 is 1.18 bits per heavy atom. The van der Waals surface area contributed by atoms with Crippen LogP contribution in [-0.2, 0) is 28.0 Å². The molecule has 0 saturated carbocycles. The van der Waals surface area contributed by atoms with Crippen molar-refractivity contribution in [2.45, 2.75) is 0 Å². The molecular formula is C33H22N4OPt+2. The normalized spacial score (nSPS) is 12.5. The summed E-state index contributed by atoms with van der Waals surface area (Å²) in [5.41, 5.74) is 5.64. The van der Waals surface area contributed by atoms with Gasteiger partial charge in [0.2, 0.25) is 6.33 Å². The Labute approximate surface area is 245 Å². The second-order valence-electron chi connectivity index (χ2n) is 8.76.